The largest absolute Gasteiger partial charge is 0.494 e. The molecule has 0 atom stereocenters. The van der Waals surface area contributed by atoms with Gasteiger partial charge in [-0.25, -0.2) is 10.8 Å². The first-order valence-corrected chi connectivity index (χ1v) is 12.7. The molecule has 3 aromatic rings. The molecule has 1 N–H and O–H groups in total. The summed E-state index contributed by atoms with van der Waals surface area (Å²) in [5.41, 5.74) is 0.410. The van der Waals surface area contributed by atoms with Crippen LogP contribution in [0.15, 0.2) is 69.7 Å². The number of nitro groups is 2. The number of rotatable bonds is 13. The van der Waals surface area contributed by atoms with Gasteiger partial charge in [0.1, 0.15) is 11.4 Å². The Morgan fingerprint density at radius 1 is 1.05 bits per heavy atom. The van der Waals surface area contributed by atoms with Crippen LogP contribution in [0.3, 0.4) is 0 Å². The zero-order valence-electron chi connectivity index (χ0n) is 22.3. The smallest absolute Gasteiger partial charge is 0.303 e. The average Bonchev–Trinajstić information content (AvgIpc) is 2.94. The molecule has 0 fully saturated rings. The zero-order valence-corrected chi connectivity index (χ0v) is 23.1. The number of azo groups is 1. The highest BCUT2D eigenvalue weighted by Gasteiger charge is 2.27. The Hall–Kier alpha value is -5.07. The monoisotopic (exact) mass is 579 g/mol. The normalized spacial score (nSPS) is 10.7. The first-order chi connectivity index (χ1) is 19.7. The number of methoxy groups -OCH3 is 2. The Labute approximate surface area is 239 Å². The number of nitrogens with zero attached hydrogens (tertiary/aromatic N) is 6. The van der Waals surface area contributed by atoms with Crippen LogP contribution < -0.4 is 15.0 Å². The van der Waals surface area contributed by atoms with Gasteiger partial charge >= 0.3 is 17.6 Å². The van der Waals surface area contributed by atoms with E-state index in [9.17, 15) is 25.0 Å². The van der Waals surface area contributed by atoms with Crippen LogP contribution in [0, 0.1) is 26.8 Å². The second-order valence-corrected chi connectivity index (χ2v) is 9.13. The molecular weight excluding hydrogens is 554 g/mol. The quantitative estimate of drug-likeness (QED) is 0.0785. The molecule has 0 aliphatic heterocycles. The van der Waals surface area contributed by atoms with Crippen LogP contribution in [0.1, 0.15) is 12.5 Å². The molecule has 41 heavy (non-hydrogen) atoms. The minimum Gasteiger partial charge on any atom is -0.494 e. The molecule has 0 unspecified atom stereocenters. The van der Waals surface area contributed by atoms with Crippen LogP contribution in [0.25, 0.3) is 4.25 Å². The van der Waals surface area contributed by atoms with Crippen molar-refractivity contribution in [1.82, 2.24) is 0 Å². The van der Waals surface area contributed by atoms with Crippen LogP contribution in [-0.4, -0.2) is 43.1 Å². The van der Waals surface area contributed by atoms with E-state index in [2.05, 4.69) is 19.8 Å². The summed E-state index contributed by atoms with van der Waals surface area (Å²) in [5, 5.41) is 33.9. The molecule has 1 amide bonds. The third-order valence-electron chi connectivity index (χ3n) is 5.59. The zero-order chi connectivity index (χ0) is 29.9. The van der Waals surface area contributed by atoms with Gasteiger partial charge in [0.25, 0.3) is 5.69 Å². The minimum atomic E-state index is -0.830. The molecule has 0 radical (unpaired) electrons. The molecule has 0 aliphatic carbocycles. The van der Waals surface area contributed by atoms with Crippen molar-refractivity contribution in [3.8, 4) is 5.75 Å². The fourth-order valence-electron chi connectivity index (χ4n) is 3.78. The predicted molar refractivity (Wildman–Crippen MR) is 153 cm³/mol. The van der Waals surface area contributed by atoms with Crippen LogP contribution >= 0.6 is 11.9 Å². The van der Waals surface area contributed by atoms with Gasteiger partial charge in [0.2, 0.25) is 5.91 Å². The Kier molecular flexibility index (Phi) is 10.7. The van der Waals surface area contributed by atoms with Crippen molar-refractivity contribution in [2.75, 3.05) is 37.6 Å². The molecule has 0 saturated carbocycles. The molecule has 3 rings (SSSR count). The first kappa shape index (κ1) is 30.5. The maximum Gasteiger partial charge on any atom is 0.303 e. The van der Waals surface area contributed by atoms with Gasteiger partial charge in [-0.15, -0.1) is 10.2 Å². The Bertz CT molecular complexity index is 1510. The number of carbonyl (C=O) groups is 1. The second kappa shape index (κ2) is 14.4. The van der Waals surface area contributed by atoms with Gasteiger partial charge in [0.15, 0.2) is 10.6 Å². The lowest BCUT2D eigenvalue weighted by Crippen LogP contribution is -2.27. The summed E-state index contributed by atoms with van der Waals surface area (Å²) < 4.78 is 14.0. The predicted octanol–water partition coefficient (Wildman–Crippen LogP) is 6.46. The number of ether oxygens (including phenoxy) is 2. The van der Waals surface area contributed by atoms with Gasteiger partial charge in [-0.2, -0.15) is 0 Å². The topological polar surface area (TPSA) is 166 Å². The molecule has 0 heterocycles. The average molecular weight is 580 g/mol. The Balaban J connectivity index is 2.14. The maximum atomic E-state index is 12.1. The number of nitrogens with one attached hydrogen (secondary N) is 1. The summed E-state index contributed by atoms with van der Waals surface area (Å²) in [7, 11) is 3.05. The summed E-state index contributed by atoms with van der Waals surface area (Å²) in [6.45, 7) is 9.74. The number of nitro benzene ring substituents is 2. The Morgan fingerprint density at radius 2 is 1.73 bits per heavy atom. The van der Waals surface area contributed by atoms with Crippen LogP contribution in [-0.2, 0) is 16.1 Å². The van der Waals surface area contributed by atoms with E-state index in [0.717, 1.165) is 17.7 Å². The molecule has 15 heteroatoms. The van der Waals surface area contributed by atoms with Crippen molar-refractivity contribution in [3.63, 3.8) is 0 Å². The summed E-state index contributed by atoms with van der Waals surface area (Å²) in [4.78, 5) is 35.4. The number of anilines is 2. The second-order valence-electron chi connectivity index (χ2n) is 8.33. The first-order valence-electron chi connectivity index (χ1n) is 11.9. The highest BCUT2D eigenvalue weighted by atomic mass is 32.2. The lowest BCUT2D eigenvalue weighted by Gasteiger charge is -2.27. The van der Waals surface area contributed by atoms with Crippen LogP contribution in [0.2, 0.25) is 0 Å². The van der Waals surface area contributed by atoms with Gasteiger partial charge < -0.3 is 19.7 Å². The molecule has 212 valence electrons. The molecule has 0 saturated heterocycles. The van der Waals surface area contributed by atoms with Gasteiger partial charge in [-0.05, 0) is 11.6 Å². The van der Waals surface area contributed by atoms with Crippen LogP contribution in [0.4, 0.5) is 34.1 Å². The summed E-state index contributed by atoms with van der Waals surface area (Å²) in [5.74, 6) is -0.0244. The van der Waals surface area contributed by atoms with Crippen molar-refractivity contribution in [3.05, 3.63) is 91.2 Å². The van der Waals surface area contributed by atoms with E-state index in [1.165, 1.54) is 20.1 Å². The molecule has 0 spiro atoms. The summed E-state index contributed by atoms with van der Waals surface area (Å²) in [6.07, 6.45) is 0. The van der Waals surface area contributed by atoms with E-state index in [-0.39, 0.29) is 22.0 Å². The van der Waals surface area contributed by atoms with Gasteiger partial charge in [-0.3, -0.25) is 25.0 Å². The van der Waals surface area contributed by atoms with E-state index in [1.54, 1.807) is 13.2 Å². The SMILES string of the molecule is [C-]#[N+]Sc1cc(N=Nc2cc(OC)c(N(CCOC)Cc3ccccc3)cc2NC(C)=O)c([N+](=O)[O-])cc1[N+](=O)[O-]. The molecule has 0 aliphatic rings. The van der Waals surface area contributed by atoms with Gasteiger partial charge in [0, 0.05) is 39.3 Å². The Morgan fingerprint density at radius 3 is 2.32 bits per heavy atom. The standard InChI is InChI=1S/C26H25N7O7S/c1-17(34)28-19-12-23(31(10-11-39-3)16-18-8-6-5-7-9-18)25(40-4)13-20(19)29-30-21-14-26(41-27-2)24(33(37)38)15-22(21)32(35)36/h5-9,12-15H,10-11,16H2,1,3-4H3,(H,28,34). The number of hydrogen-bond donors (Lipinski definition) is 1. The van der Waals surface area contributed by atoms with Gasteiger partial charge in [0.05, 0.1) is 41.0 Å². The van der Waals surface area contributed by atoms with Crippen molar-refractivity contribution >= 4 is 52.0 Å². The molecule has 14 nitrogen and oxygen atoms in total. The number of benzene rings is 3. The van der Waals surface area contributed by atoms with Crippen molar-refractivity contribution in [2.45, 2.75) is 18.4 Å². The van der Waals surface area contributed by atoms with Crippen LogP contribution in [0.5, 0.6) is 5.75 Å². The molecule has 0 bridgehead atoms. The maximum absolute atomic E-state index is 12.1. The van der Waals surface area contributed by atoms with E-state index in [4.69, 9.17) is 16.0 Å². The lowest BCUT2D eigenvalue weighted by molar-refractivity contribution is -0.395. The van der Waals surface area contributed by atoms with E-state index in [0.29, 0.717) is 43.1 Å². The van der Waals surface area contributed by atoms with E-state index in [1.807, 2.05) is 35.2 Å². The summed E-state index contributed by atoms with van der Waals surface area (Å²) in [6, 6.07) is 14.7. The molecule has 0 aromatic heterocycles. The van der Waals surface area contributed by atoms with Crippen molar-refractivity contribution in [2.24, 2.45) is 10.2 Å². The number of amides is 1. The fourth-order valence-corrected chi connectivity index (χ4v) is 4.27. The minimum absolute atomic E-state index is 0.110. The van der Waals surface area contributed by atoms with Crippen molar-refractivity contribution < 1.29 is 24.1 Å². The molecular formula is C26H25N7O7S. The highest BCUT2D eigenvalue weighted by molar-refractivity contribution is 8.01. The van der Waals surface area contributed by atoms with Gasteiger partial charge in [-0.1, -0.05) is 30.3 Å². The van der Waals surface area contributed by atoms with E-state index >= 15 is 0 Å². The summed E-state index contributed by atoms with van der Waals surface area (Å²) >= 11 is 0.449. The third-order valence-corrected chi connectivity index (χ3v) is 6.20. The van der Waals surface area contributed by atoms with E-state index < -0.39 is 27.1 Å². The third kappa shape index (κ3) is 7.97. The highest BCUT2D eigenvalue weighted by Crippen LogP contribution is 2.43. The van der Waals surface area contributed by atoms with Crippen molar-refractivity contribution in [1.29, 1.82) is 0 Å². The fraction of sp³-hybridized carbons (Fsp3) is 0.231. The number of carbonyl (C=O) groups excluding carboxylic acids is 1. The lowest BCUT2D eigenvalue weighted by atomic mass is 10.1. The molecule has 3 aromatic carbocycles. The number of hydrogen-bond acceptors (Lipinski definition) is 11.